The third kappa shape index (κ3) is 6.57. The van der Waals surface area contributed by atoms with Crippen molar-refractivity contribution < 1.29 is 9.59 Å². The molecule has 29 heavy (non-hydrogen) atoms. The van der Waals surface area contributed by atoms with Crippen molar-refractivity contribution in [3.63, 3.8) is 0 Å². The lowest BCUT2D eigenvalue weighted by Gasteiger charge is -2.16. The lowest BCUT2D eigenvalue weighted by molar-refractivity contribution is -0.117. The second-order valence-corrected chi connectivity index (χ2v) is 8.36. The molecule has 0 saturated carbocycles. The van der Waals surface area contributed by atoms with Gasteiger partial charge in [-0.15, -0.1) is 10.2 Å². The van der Waals surface area contributed by atoms with Crippen molar-refractivity contribution in [3.05, 3.63) is 41.7 Å². The predicted octanol–water partition coefficient (Wildman–Crippen LogP) is 2.25. The number of hydrogen-bond acceptors (Lipinski definition) is 6. The van der Waals surface area contributed by atoms with Gasteiger partial charge in [0.1, 0.15) is 5.82 Å². The van der Waals surface area contributed by atoms with E-state index in [4.69, 9.17) is 0 Å². The molecule has 1 aromatic heterocycles. The van der Waals surface area contributed by atoms with E-state index in [1.165, 1.54) is 24.6 Å². The van der Waals surface area contributed by atoms with Gasteiger partial charge in [0.25, 0.3) is 0 Å². The van der Waals surface area contributed by atoms with Crippen LogP contribution in [0.15, 0.2) is 35.5 Å². The maximum absolute atomic E-state index is 12.1. The topological polar surface area (TPSA) is 92.2 Å². The fourth-order valence-electron chi connectivity index (χ4n) is 3.20. The second kappa shape index (κ2) is 10.4. The van der Waals surface area contributed by atoms with Crippen molar-refractivity contribution >= 4 is 23.7 Å². The number of amides is 3. The fraction of sp³-hybridized carbons (Fsp3) is 0.500. The van der Waals surface area contributed by atoms with E-state index in [1.54, 1.807) is 0 Å². The number of carbonyl (C=O) groups excluding carboxylic acids is 2. The van der Waals surface area contributed by atoms with E-state index in [9.17, 15) is 9.59 Å². The molecule has 1 fully saturated rings. The Morgan fingerprint density at radius 3 is 2.52 bits per heavy atom. The molecule has 0 aliphatic carbocycles. The first-order valence-electron chi connectivity index (χ1n) is 9.93. The molecule has 0 spiro atoms. The Kier molecular flexibility index (Phi) is 7.65. The van der Waals surface area contributed by atoms with Gasteiger partial charge in [0, 0.05) is 6.04 Å². The minimum Gasteiger partial charge on any atom is -0.336 e. The van der Waals surface area contributed by atoms with E-state index >= 15 is 0 Å². The maximum atomic E-state index is 12.1. The van der Waals surface area contributed by atoms with Crippen LogP contribution in [-0.4, -0.2) is 56.5 Å². The fourth-order valence-corrected chi connectivity index (χ4v) is 3.96. The number of thioether (sulfide) groups is 1. The minimum absolute atomic E-state index is 0.0300. The van der Waals surface area contributed by atoms with Crippen molar-refractivity contribution in [1.82, 2.24) is 30.3 Å². The number of benzene rings is 1. The number of hydrogen-bond donors (Lipinski definition) is 2. The third-order valence-electron chi connectivity index (χ3n) is 4.55. The number of urea groups is 1. The molecule has 3 amide bonds. The molecule has 0 atom stereocenters. The Morgan fingerprint density at radius 2 is 1.83 bits per heavy atom. The van der Waals surface area contributed by atoms with E-state index in [1.807, 2.05) is 32.0 Å². The van der Waals surface area contributed by atoms with Gasteiger partial charge in [-0.3, -0.25) is 15.0 Å². The average molecular weight is 417 g/mol. The Morgan fingerprint density at radius 1 is 1.10 bits per heavy atom. The molecule has 1 saturated heterocycles. The van der Waals surface area contributed by atoms with Crippen LogP contribution in [0.1, 0.15) is 38.1 Å². The summed E-state index contributed by atoms with van der Waals surface area (Å²) >= 11 is 1.29. The van der Waals surface area contributed by atoms with Crippen LogP contribution < -0.4 is 10.6 Å². The van der Waals surface area contributed by atoms with Crippen molar-refractivity contribution in [3.8, 4) is 0 Å². The van der Waals surface area contributed by atoms with E-state index < -0.39 is 6.03 Å². The normalized spacial score (nSPS) is 14.3. The Labute approximate surface area is 175 Å². The molecule has 3 rings (SSSR count). The minimum atomic E-state index is -0.480. The van der Waals surface area contributed by atoms with E-state index in [0.29, 0.717) is 11.7 Å². The molecule has 2 N–H and O–H groups in total. The standard InChI is InChI=1S/C20H28N6O2S/c1-15(2)21-19(28)22-18(27)14-29-20-24-23-17(13-25-10-6-7-11-25)26(20)12-16-8-4-3-5-9-16/h3-5,8-9,15H,6-7,10-14H2,1-2H3,(H2,21,22,27,28). The molecule has 1 aliphatic rings. The zero-order valence-corrected chi connectivity index (χ0v) is 17.7. The molecular formula is C20H28N6O2S. The quantitative estimate of drug-likeness (QED) is 0.642. The number of rotatable bonds is 8. The number of likely N-dealkylation sites (tertiary alicyclic amines) is 1. The highest BCUT2D eigenvalue weighted by atomic mass is 32.2. The van der Waals surface area contributed by atoms with Gasteiger partial charge in [-0.05, 0) is 45.3 Å². The van der Waals surface area contributed by atoms with Gasteiger partial charge in [-0.2, -0.15) is 0 Å². The lowest BCUT2D eigenvalue weighted by Crippen LogP contribution is -2.43. The summed E-state index contributed by atoms with van der Waals surface area (Å²) in [7, 11) is 0. The predicted molar refractivity (Wildman–Crippen MR) is 113 cm³/mol. The van der Waals surface area contributed by atoms with E-state index in [-0.39, 0.29) is 17.7 Å². The van der Waals surface area contributed by atoms with Crippen LogP contribution >= 0.6 is 11.8 Å². The summed E-state index contributed by atoms with van der Waals surface area (Å²) in [6.45, 7) is 7.24. The molecule has 156 valence electrons. The maximum Gasteiger partial charge on any atom is 0.321 e. The molecular weight excluding hydrogens is 388 g/mol. The van der Waals surface area contributed by atoms with Crippen molar-refractivity contribution in [2.24, 2.45) is 0 Å². The summed E-state index contributed by atoms with van der Waals surface area (Å²) in [5, 5.41) is 14.4. The molecule has 2 heterocycles. The van der Waals surface area contributed by atoms with Gasteiger partial charge in [0.15, 0.2) is 5.16 Å². The van der Waals surface area contributed by atoms with Gasteiger partial charge >= 0.3 is 6.03 Å². The molecule has 0 radical (unpaired) electrons. The van der Waals surface area contributed by atoms with Crippen LogP contribution in [0.2, 0.25) is 0 Å². The molecule has 1 aromatic carbocycles. The molecule has 2 aromatic rings. The zero-order chi connectivity index (χ0) is 20.6. The van der Waals surface area contributed by atoms with Gasteiger partial charge in [0.05, 0.1) is 18.8 Å². The summed E-state index contributed by atoms with van der Waals surface area (Å²) in [6.07, 6.45) is 2.43. The summed E-state index contributed by atoms with van der Waals surface area (Å²) in [5.74, 6) is 0.641. The van der Waals surface area contributed by atoms with Crippen LogP contribution in [0.5, 0.6) is 0 Å². The van der Waals surface area contributed by atoms with Gasteiger partial charge in [-0.1, -0.05) is 42.1 Å². The summed E-state index contributed by atoms with van der Waals surface area (Å²) in [5.41, 5.74) is 1.15. The van der Waals surface area contributed by atoms with Crippen LogP contribution in [-0.2, 0) is 17.9 Å². The molecule has 1 aliphatic heterocycles. The van der Waals surface area contributed by atoms with Gasteiger partial charge < -0.3 is 9.88 Å². The summed E-state index contributed by atoms with van der Waals surface area (Å²) in [4.78, 5) is 26.2. The average Bonchev–Trinajstić information content (AvgIpc) is 3.31. The van der Waals surface area contributed by atoms with Crippen LogP contribution in [0.25, 0.3) is 0 Å². The molecule has 0 bridgehead atoms. The Hall–Kier alpha value is -2.39. The molecule has 9 heteroatoms. The van der Waals surface area contributed by atoms with Crippen molar-refractivity contribution in [2.45, 2.75) is 51.0 Å². The lowest BCUT2D eigenvalue weighted by atomic mass is 10.2. The SMILES string of the molecule is CC(C)NC(=O)NC(=O)CSc1nnc(CN2CCCC2)n1Cc1ccccc1. The number of imide groups is 1. The highest BCUT2D eigenvalue weighted by Gasteiger charge is 2.19. The Bertz CT molecular complexity index is 818. The Balaban J connectivity index is 1.67. The number of nitrogens with zero attached hydrogens (tertiary/aromatic N) is 4. The van der Waals surface area contributed by atoms with Crippen LogP contribution in [0.3, 0.4) is 0 Å². The monoisotopic (exact) mass is 416 g/mol. The first kappa shape index (κ1) is 21.3. The molecule has 8 nitrogen and oxygen atoms in total. The summed E-state index contributed by atoms with van der Waals surface area (Å²) in [6, 6.07) is 9.63. The third-order valence-corrected chi connectivity index (χ3v) is 5.51. The van der Waals surface area contributed by atoms with E-state index in [2.05, 4.69) is 42.4 Å². The van der Waals surface area contributed by atoms with Crippen molar-refractivity contribution in [2.75, 3.05) is 18.8 Å². The zero-order valence-electron chi connectivity index (χ0n) is 16.9. The van der Waals surface area contributed by atoms with Gasteiger partial charge in [-0.25, -0.2) is 4.79 Å². The number of nitrogens with one attached hydrogen (secondary N) is 2. The van der Waals surface area contributed by atoms with Crippen LogP contribution in [0, 0.1) is 0 Å². The first-order chi connectivity index (χ1) is 14.0. The van der Waals surface area contributed by atoms with Crippen LogP contribution in [0.4, 0.5) is 4.79 Å². The largest absolute Gasteiger partial charge is 0.336 e. The highest BCUT2D eigenvalue weighted by Crippen LogP contribution is 2.21. The molecule has 0 unspecified atom stereocenters. The number of aromatic nitrogens is 3. The smallest absolute Gasteiger partial charge is 0.321 e. The van der Waals surface area contributed by atoms with Gasteiger partial charge in [0.2, 0.25) is 5.91 Å². The highest BCUT2D eigenvalue weighted by molar-refractivity contribution is 7.99. The second-order valence-electron chi connectivity index (χ2n) is 7.42. The van der Waals surface area contributed by atoms with E-state index in [0.717, 1.165) is 31.0 Å². The number of carbonyl (C=O) groups is 2. The summed E-state index contributed by atoms with van der Waals surface area (Å²) < 4.78 is 2.07. The van der Waals surface area contributed by atoms with Crippen molar-refractivity contribution in [1.29, 1.82) is 0 Å². The first-order valence-corrected chi connectivity index (χ1v) is 10.9.